The van der Waals surface area contributed by atoms with Crippen molar-refractivity contribution in [2.45, 2.75) is 42.9 Å². The molecule has 1 saturated carbocycles. The van der Waals surface area contributed by atoms with Crippen molar-refractivity contribution in [2.24, 2.45) is 11.8 Å². The van der Waals surface area contributed by atoms with Crippen LogP contribution in [0.1, 0.15) is 44.2 Å². The molecular formula is C20H25BrN2O3S2. The van der Waals surface area contributed by atoms with Gasteiger partial charge in [0.05, 0.1) is 9.83 Å². The zero-order valence-electron chi connectivity index (χ0n) is 15.7. The fraction of sp³-hybridized carbons (Fsp3) is 0.450. The van der Waals surface area contributed by atoms with Crippen LogP contribution in [0.4, 0.5) is 0 Å². The van der Waals surface area contributed by atoms with E-state index in [0.29, 0.717) is 10.8 Å². The van der Waals surface area contributed by atoms with Gasteiger partial charge in [0.25, 0.3) is 0 Å². The molecule has 1 unspecified atom stereocenters. The molecule has 1 atom stereocenters. The molecule has 0 radical (unpaired) electrons. The van der Waals surface area contributed by atoms with Gasteiger partial charge in [0.15, 0.2) is 0 Å². The smallest absolute Gasteiger partial charge is 0.250 e. The number of halogens is 1. The van der Waals surface area contributed by atoms with Gasteiger partial charge < -0.3 is 5.32 Å². The van der Waals surface area contributed by atoms with Crippen molar-refractivity contribution < 1.29 is 13.2 Å². The number of nitrogens with one attached hydrogen (secondary N) is 2. The molecule has 5 nitrogen and oxygen atoms in total. The molecular weight excluding hydrogens is 460 g/mol. The molecule has 1 amide bonds. The molecule has 1 heterocycles. The first-order chi connectivity index (χ1) is 13.3. The van der Waals surface area contributed by atoms with Gasteiger partial charge >= 0.3 is 0 Å². The van der Waals surface area contributed by atoms with Gasteiger partial charge in [-0.1, -0.05) is 30.3 Å². The van der Waals surface area contributed by atoms with E-state index in [0.717, 1.165) is 35.0 Å². The largest absolute Gasteiger partial charge is 0.349 e. The highest BCUT2D eigenvalue weighted by molar-refractivity contribution is 9.11. The topological polar surface area (TPSA) is 75.3 Å². The van der Waals surface area contributed by atoms with Crippen molar-refractivity contribution in [3.8, 4) is 0 Å². The van der Waals surface area contributed by atoms with Crippen molar-refractivity contribution >= 4 is 43.2 Å². The maximum Gasteiger partial charge on any atom is 0.250 e. The van der Waals surface area contributed by atoms with Crippen molar-refractivity contribution in [3.05, 3.63) is 51.8 Å². The van der Waals surface area contributed by atoms with Gasteiger partial charge in [-0.2, -0.15) is 0 Å². The van der Waals surface area contributed by atoms with E-state index < -0.39 is 10.0 Å². The van der Waals surface area contributed by atoms with Crippen molar-refractivity contribution in [1.29, 1.82) is 0 Å². The highest BCUT2D eigenvalue weighted by Gasteiger charge is 2.28. The van der Waals surface area contributed by atoms with Gasteiger partial charge in [0, 0.05) is 12.5 Å². The van der Waals surface area contributed by atoms with Crippen LogP contribution in [0.25, 0.3) is 0 Å². The Kier molecular flexibility index (Phi) is 7.31. The van der Waals surface area contributed by atoms with Gasteiger partial charge in [-0.05, 0) is 72.2 Å². The number of hydrogen-bond acceptors (Lipinski definition) is 4. The molecule has 1 aliphatic rings. The lowest BCUT2D eigenvalue weighted by molar-refractivity contribution is -0.126. The summed E-state index contributed by atoms with van der Waals surface area (Å²) in [6, 6.07) is 13.3. The summed E-state index contributed by atoms with van der Waals surface area (Å²) < 4.78 is 28.5. The second-order valence-corrected chi connectivity index (χ2v) is 11.7. The zero-order chi connectivity index (χ0) is 20.1. The minimum Gasteiger partial charge on any atom is -0.349 e. The van der Waals surface area contributed by atoms with Crippen LogP contribution in [-0.4, -0.2) is 20.9 Å². The molecule has 0 bridgehead atoms. The lowest BCUT2D eigenvalue weighted by atomic mass is 9.81. The van der Waals surface area contributed by atoms with E-state index in [4.69, 9.17) is 0 Å². The maximum atomic E-state index is 12.6. The molecule has 2 aromatic rings. The summed E-state index contributed by atoms with van der Waals surface area (Å²) in [6.45, 7) is 2.42. The second kappa shape index (κ2) is 9.52. The SMILES string of the molecule is CC(NC(=O)C1CCC(CNS(=O)(=O)c2ccc(Br)s2)CC1)c1ccccc1. The number of rotatable bonds is 7. The predicted octanol–water partition coefficient (Wildman–Crippen LogP) is 4.47. The molecule has 8 heteroatoms. The highest BCUT2D eigenvalue weighted by atomic mass is 79.9. The Bertz CT molecular complexity index is 891. The summed E-state index contributed by atoms with van der Waals surface area (Å²) in [5, 5.41) is 3.11. The summed E-state index contributed by atoms with van der Waals surface area (Å²) in [4.78, 5) is 12.6. The number of amides is 1. The third-order valence-electron chi connectivity index (χ3n) is 5.25. The quantitative estimate of drug-likeness (QED) is 0.608. The molecule has 0 saturated heterocycles. The first kappa shape index (κ1) is 21.5. The van der Waals surface area contributed by atoms with Gasteiger partial charge in [0.1, 0.15) is 4.21 Å². The number of sulfonamides is 1. The minimum absolute atomic E-state index is 0.00673. The van der Waals surface area contributed by atoms with Crippen LogP contribution >= 0.6 is 27.3 Å². The Hall–Kier alpha value is -1.22. The van der Waals surface area contributed by atoms with E-state index in [2.05, 4.69) is 26.0 Å². The molecule has 152 valence electrons. The van der Waals surface area contributed by atoms with Crippen molar-refractivity contribution in [1.82, 2.24) is 10.0 Å². The Labute approximate surface area is 179 Å². The van der Waals surface area contributed by atoms with Gasteiger partial charge in [-0.25, -0.2) is 13.1 Å². The van der Waals surface area contributed by atoms with Crippen LogP contribution in [0.2, 0.25) is 0 Å². The van der Waals surface area contributed by atoms with Crippen LogP contribution in [0.3, 0.4) is 0 Å². The van der Waals surface area contributed by atoms with E-state index >= 15 is 0 Å². The fourth-order valence-corrected chi connectivity index (χ4v) is 6.70. The van der Waals surface area contributed by atoms with Crippen LogP contribution in [0, 0.1) is 11.8 Å². The van der Waals surface area contributed by atoms with Crippen LogP contribution in [-0.2, 0) is 14.8 Å². The van der Waals surface area contributed by atoms with Gasteiger partial charge in [-0.15, -0.1) is 11.3 Å². The lowest BCUT2D eigenvalue weighted by Gasteiger charge is -2.28. The average molecular weight is 485 g/mol. The zero-order valence-corrected chi connectivity index (χ0v) is 18.9. The monoisotopic (exact) mass is 484 g/mol. The second-order valence-electron chi connectivity index (χ2n) is 7.27. The number of hydrogen-bond donors (Lipinski definition) is 2. The van der Waals surface area contributed by atoms with Gasteiger partial charge in [0.2, 0.25) is 15.9 Å². The van der Waals surface area contributed by atoms with Gasteiger partial charge in [-0.3, -0.25) is 4.79 Å². The molecule has 0 spiro atoms. The third-order valence-corrected chi connectivity index (χ3v) is 8.79. The fourth-order valence-electron chi connectivity index (χ4n) is 3.53. The summed E-state index contributed by atoms with van der Waals surface area (Å²) in [6.07, 6.45) is 3.30. The molecule has 3 rings (SSSR count). The van der Waals surface area contributed by atoms with E-state index in [1.54, 1.807) is 12.1 Å². The molecule has 1 aliphatic carbocycles. The van der Waals surface area contributed by atoms with Crippen molar-refractivity contribution in [2.75, 3.05) is 6.54 Å². The number of thiophene rings is 1. The Morgan fingerprint density at radius 3 is 2.43 bits per heavy atom. The number of carbonyl (C=O) groups is 1. The van der Waals surface area contributed by atoms with Crippen LogP contribution < -0.4 is 10.0 Å². The lowest BCUT2D eigenvalue weighted by Crippen LogP contribution is -2.37. The predicted molar refractivity (Wildman–Crippen MR) is 116 cm³/mol. The normalized spacial score (nSPS) is 21.2. The highest BCUT2D eigenvalue weighted by Crippen LogP contribution is 2.30. The van der Waals surface area contributed by atoms with E-state index in [1.165, 1.54) is 11.3 Å². The Morgan fingerprint density at radius 2 is 1.82 bits per heavy atom. The minimum atomic E-state index is -3.46. The summed E-state index contributed by atoms with van der Waals surface area (Å²) in [5.74, 6) is 0.375. The molecule has 0 aliphatic heterocycles. The Balaban J connectivity index is 1.44. The number of benzene rings is 1. The molecule has 1 aromatic carbocycles. The first-order valence-electron chi connectivity index (χ1n) is 9.45. The van der Waals surface area contributed by atoms with E-state index in [1.807, 2.05) is 37.3 Å². The van der Waals surface area contributed by atoms with Crippen molar-refractivity contribution in [3.63, 3.8) is 0 Å². The average Bonchev–Trinajstić information content (AvgIpc) is 3.15. The van der Waals surface area contributed by atoms with Crippen LogP contribution in [0.15, 0.2) is 50.5 Å². The maximum absolute atomic E-state index is 12.6. The summed E-state index contributed by atoms with van der Waals surface area (Å²) in [7, 11) is -3.46. The molecule has 1 fully saturated rings. The third kappa shape index (κ3) is 5.65. The van der Waals surface area contributed by atoms with Crippen LogP contribution in [0.5, 0.6) is 0 Å². The molecule has 28 heavy (non-hydrogen) atoms. The molecule has 2 N–H and O–H groups in total. The summed E-state index contributed by atoms with van der Waals surface area (Å²) in [5.41, 5.74) is 1.10. The molecule has 1 aromatic heterocycles. The Morgan fingerprint density at radius 1 is 1.14 bits per heavy atom. The first-order valence-corrected chi connectivity index (χ1v) is 12.5. The summed E-state index contributed by atoms with van der Waals surface area (Å²) >= 11 is 4.50. The van der Waals surface area contributed by atoms with E-state index in [9.17, 15) is 13.2 Å². The standard InChI is InChI=1S/C20H25BrN2O3S2/c1-14(16-5-3-2-4-6-16)23-20(24)17-9-7-15(8-10-17)13-22-28(25,26)19-12-11-18(21)27-19/h2-6,11-12,14-15,17,22H,7-10,13H2,1H3,(H,23,24). The van der Waals surface area contributed by atoms with E-state index in [-0.39, 0.29) is 23.8 Å². The number of carbonyl (C=O) groups excluding carboxylic acids is 1.